The standard InChI is InChI=1S/C16H32N2/c1-4-13-7-6-11-18(12-9-13)14-8-5-10-16(2,3)15(14)17/h13-15H,4-12,17H2,1-3H3. The Balaban J connectivity index is 1.98. The summed E-state index contributed by atoms with van der Waals surface area (Å²) in [4.78, 5) is 2.72. The van der Waals surface area contributed by atoms with Crippen molar-refractivity contribution in [2.75, 3.05) is 13.1 Å². The maximum atomic E-state index is 6.56. The minimum atomic E-state index is 0.333. The number of nitrogens with two attached hydrogens (primary N) is 1. The van der Waals surface area contributed by atoms with Crippen LogP contribution in [0.25, 0.3) is 0 Å². The molecule has 2 fully saturated rings. The molecule has 0 aromatic heterocycles. The van der Waals surface area contributed by atoms with E-state index in [-0.39, 0.29) is 0 Å². The molecule has 1 heterocycles. The molecule has 1 aliphatic heterocycles. The molecule has 1 saturated carbocycles. The Kier molecular flexibility index (Phi) is 4.71. The van der Waals surface area contributed by atoms with E-state index < -0.39 is 0 Å². The quantitative estimate of drug-likeness (QED) is 0.816. The van der Waals surface area contributed by atoms with Gasteiger partial charge < -0.3 is 5.73 Å². The van der Waals surface area contributed by atoms with E-state index >= 15 is 0 Å². The lowest BCUT2D eigenvalue weighted by Crippen LogP contribution is -2.57. The molecule has 0 bridgehead atoms. The van der Waals surface area contributed by atoms with Gasteiger partial charge in [-0.25, -0.2) is 0 Å². The van der Waals surface area contributed by atoms with Crippen LogP contribution in [0.5, 0.6) is 0 Å². The van der Waals surface area contributed by atoms with Gasteiger partial charge in [0.1, 0.15) is 0 Å². The third-order valence-electron chi connectivity index (χ3n) is 5.57. The lowest BCUT2D eigenvalue weighted by molar-refractivity contribution is 0.0694. The van der Waals surface area contributed by atoms with Gasteiger partial charge in [0, 0.05) is 12.1 Å². The van der Waals surface area contributed by atoms with Gasteiger partial charge in [-0.05, 0) is 56.5 Å². The Morgan fingerprint density at radius 2 is 1.89 bits per heavy atom. The first-order chi connectivity index (χ1) is 8.54. The van der Waals surface area contributed by atoms with Crippen LogP contribution in [0.3, 0.4) is 0 Å². The molecule has 2 nitrogen and oxygen atoms in total. The van der Waals surface area contributed by atoms with Crippen LogP contribution in [-0.4, -0.2) is 30.1 Å². The number of hydrogen-bond acceptors (Lipinski definition) is 2. The molecular formula is C16H32N2. The van der Waals surface area contributed by atoms with Crippen LogP contribution in [0, 0.1) is 11.3 Å². The third-order valence-corrected chi connectivity index (χ3v) is 5.57. The number of likely N-dealkylation sites (tertiary alicyclic amines) is 1. The topological polar surface area (TPSA) is 29.3 Å². The molecule has 2 heteroatoms. The molecule has 0 amide bonds. The van der Waals surface area contributed by atoms with E-state index in [1.165, 1.54) is 58.0 Å². The molecule has 1 aliphatic carbocycles. The number of rotatable bonds is 2. The van der Waals surface area contributed by atoms with Crippen LogP contribution in [0.2, 0.25) is 0 Å². The number of hydrogen-bond donors (Lipinski definition) is 1. The maximum Gasteiger partial charge on any atom is 0.0252 e. The van der Waals surface area contributed by atoms with E-state index in [9.17, 15) is 0 Å². The highest BCUT2D eigenvalue weighted by atomic mass is 15.2. The molecule has 0 aromatic rings. The zero-order chi connectivity index (χ0) is 13.2. The molecule has 106 valence electrons. The molecule has 1 saturated heterocycles. The lowest BCUT2D eigenvalue weighted by Gasteiger charge is -2.46. The van der Waals surface area contributed by atoms with Gasteiger partial charge in [-0.3, -0.25) is 4.90 Å². The summed E-state index contributed by atoms with van der Waals surface area (Å²) in [5, 5.41) is 0. The first kappa shape index (κ1) is 14.3. The van der Waals surface area contributed by atoms with E-state index in [1.54, 1.807) is 0 Å². The van der Waals surface area contributed by atoms with E-state index in [1.807, 2.05) is 0 Å². The normalized spacial score (nSPS) is 38.3. The van der Waals surface area contributed by atoms with Gasteiger partial charge in [0.15, 0.2) is 0 Å². The minimum Gasteiger partial charge on any atom is -0.326 e. The van der Waals surface area contributed by atoms with Gasteiger partial charge >= 0.3 is 0 Å². The largest absolute Gasteiger partial charge is 0.326 e. The lowest BCUT2D eigenvalue weighted by atomic mass is 9.70. The average Bonchev–Trinajstić information content (AvgIpc) is 2.58. The van der Waals surface area contributed by atoms with Crippen LogP contribution in [0.1, 0.15) is 65.7 Å². The summed E-state index contributed by atoms with van der Waals surface area (Å²) in [5.41, 5.74) is 6.90. The molecule has 2 rings (SSSR count). The molecule has 2 N–H and O–H groups in total. The fourth-order valence-corrected chi connectivity index (χ4v) is 3.97. The van der Waals surface area contributed by atoms with Gasteiger partial charge in [0.2, 0.25) is 0 Å². The third kappa shape index (κ3) is 3.08. The first-order valence-electron chi connectivity index (χ1n) is 8.04. The summed E-state index contributed by atoms with van der Waals surface area (Å²) < 4.78 is 0. The highest BCUT2D eigenvalue weighted by Gasteiger charge is 2.39. The Hall–Kier alpha value is -0.0800. The van der Waals surface area contributed by atoms with E-state index in [4.69, 9.17) is 5.73 Å². The molecular weight excluding hydrogens is 220 g/mol. The van der Waals surface area contributed by atoms with Gasteiger partial charge in [0.25, 0.3) is 0 Å². The smallest absolute Gasteiger partial charge is 0.0252 e. The van der Waals surface area contributed by atoms with Crippen molar-refractivity contribution < 1.29 is 0 Å². The Morgan fingerprint density at radius 1 is 1.11 bits per heavy atom. The average molecular weight is 252 g/mol. The molecule has 0 spiro atoms. The molecule has 0 aromatic carbocycles. The van der Waals surface area contributed by atoms with Gasteiger partial charge in [-0.15, -0.1) is 0 Å². The van der Waals surface area contributed by atoms with E-state index in [2.05, 4.69) is 25.7 Å². The van der Waals surface area contributed by atoms with Gasteiger partial charge in [-0.2, -0.15) is 0 Å². The van der Waals surface area contributed by atoms with Crippen molar-refractivity contribution >= 4 is 0 Å². The van der Waals surface area contributed by atoms with E-state index in [0.717, 1.165) is 5.92 Å². The summed E-state index contributed by atoms with van der Waals surface area (Å²) in [5.74, 6) is 0.961. The van der Waals surface area contributed by atoms with Crippen molar-refractivity contribution in [2.24, 2.45) is 17.1 Å². The molecule has 18 heavy (non-hydrogen) atoms. The van der Waals surface area contributed by atoms with Crippen LogP contribution in [-0.2, 0) is 0 Å². The van der Waals surface area contributed by atoms with Crippen molar-refractivity contribution in [1.82, 2.24) is 4.90 Å². The van der Waals surface area contributed by atoms with Crippen LogP contribution >= 0.6 is 0 Å². The van der Waals surface area contributed by atoms with Crippen molar-refractivity contribution in [1.29, 1.82) is 0 Å². The summed E-state index contributed by atoms with van der Waals surface area (Å²) in [6, 6.07) is 1.01. The SMILES string of the molecule is CCC1CCCN(C2CCCC(C)(C)C2N)CC1. The predicted molar refractivity (Wildman–Crippen MR) is 78.6 cm³/mol. The van der Waals surface area contributed by atoms with Crippen molar-refractivity contribution in [3.63, 3.8) is 0 Å². The van der Waals surface area contributed by atoms with Crippen LogP contribution in [0.4, 0.5) is 0 Å². The Morgan fingerprint density at radius 3 is 2.61 bits per heavy atom. The monoisotopic (exact) mass is 252 g/mol. The zero-order valence-corrected chi connectivity index (χ0v) is 12.6. The van der Waals surface area contributed by atoms with Crippen molar-refractivity contribution in [2.45, 2.75) is 77.8 Å². The maximum absolute atomic E-state index is 6.56. The second-order valence-electron chi connectivity index (χ2n) is 7.22. The van der Waals surface area contributed by atoms with Crippen LogP contribution in [0.15, 0.2) is 0 Å². The zero-order valence-electron chi connectivity index (χ0n) is 12.6. The molecule has 2 aliphatic rings. The fourth-order valence-electron chi connectivity index (χ4n) is 3.97. The van der Waals surface area contributed by atoms with E-state index in [0.29, 0.717) is 17.5 Å². The highest BCUT2D eigenvalue weighted by Crippen LogP contribution is 2.37. The second kappa shape index (κ2) is 5.92. The summed E-state index contributed by atoms with van der Waals surface area (Å²) in [7, 11) is 0. The van der Waals surface area contributed by atoms with Crippen LogP contribution < -0.4 is 5.73 Å². The highest BCUT2D eigenvalue weighted by molar-refractivity contribution is 4.96. The first-order valence-corrected chi connectivity index (χ1v) is 8.04. The molecule has 3 atom stereocenters. The summed E-state index contributed by atoms with van der Waals surface area (Å²) >= 11 is 0. The fraction of sp³-hybridized carbons (Fsp3) is 1.00. The Labute approximate surface area is 113 Å². The van der Waals surface area contributed by atoms with Gasteiger partial charge in [-0.1, -0.05) is 33.6 Å². The predicted octanol–water partition coefficient (Wildman–Crippen LogP) is 3.40. The van der Waals surface area contributed by atoms with Gasteiger partial charge in [0.05, 0.1) is 0 Å². The summed E-state index contributed by atoms with van der Waals surface area (Å²) in [6.45, 7) is 9.63. The summed E-state index contributed by atoms with van der Waals surface area (Å²) in [6.07, 6.45) is 9.53. The second-order valence-corrected chi connectivity index (χ2v) is 7.22. The molecule has 0 radical (unpaired) electrons. The minimum absolute atomic E-state index is 0.333. The van der Waals surface area contributed by atoms with Crippen molar-refractivity contribution in [3.05, 3.63) is 0 Å². The Bertz CT molecular complexity index is 262. The number of nitrogens with zero attached hydrogens (tertiary/aromatic N) is 1. The van der Waals surface area contributed by atoms with Crippen molar-refractivity contribution in [3.8, 4) is 0 Å². The molecule has 3 unspecified atom stereocenters.